The van der Waals surface area contributed by atoms with Gasteiger partial charge in [-0.3, -0.25) is 48.4 Å². The van der Waals surface area contributed by atoms with Crippen LogP contribution in [0.4, 0.5) is 0 Å². The van der Waals surface area contributed by atoms with E-state index in [1.807, 2.05) is 27.7 Å². The van der Waals surface area contributed by atoms with Crippen LogP contribution < -0.4 is 16.0 Å². The third-order valence-electron chi connectivity index (χ3n) is 8.36. The molecule has 18 heteroatoms. The van der Waals surface area contributed by atoms with Gasteiger partial charge in [-0.25, -0.2) is 4.79 Å². The molecule has 0 radical (unpaired) electrons. The zero-order valence-electron chi connectivity index (χ0n) is 30.5. The van der Waals surface area contributed by atoms with Crippen LogP contribution in [0, 0.1) is 5.92 Å². The molecule has 1 fully saturated rings. The Labute approximate surface area is 299 Å². The summed E-state index contributed by atoms with van der Waals surface area (Å²) in [5.74, 6) is -5.30. The predicted molar refractivity (Wildman–Crippen MR) is 186 cm³/mol. The van der Waals surface area contributed by atoms with Crippen molar-refractivity contribution in [2.75, 3.05) is 85.1 Å². The topological polar surface area (TPSA) is 249 Å². The lowest BCUT2D eigenvalue weighted by Crippen LogP contribution is -2.51. The van der Waals surface area contributed by atoms with Crippen LogP contribution in [-0.4, -0.2) is 185 Å². The summed E-state index contributed by atoms with van der Waals surface area (Å²) in [7, 11) is 0. The van der Waals surface area contributed by atoms with E-state index in [-0.39, 0.29) is 115 Å². The van der Waals surface area contributed by atoms with E-state index in [0.29, 0.717) is 25.8 Å². The molecule has 18 nitrogen and oxygen atoms in total. The van der Waals surface area contributed by atoms with Crippen molar-refractivity contribution in [3.63, 3.8) is 0 Å². The van der Waals surface area contributed by atoms with Crippen molar-refractivity contribution in [3.8, 4) is 0 Å². The van der Waals surface area contributed by atoms with Crippen molar-refractivity contribution in [1.82, 2.24) is 35.6 Å². The number of nitrogens with one attached hydrogen (secondary N) is 3. The van der Waals surface area contributed by atoms with Gasteiger partial charge in [0.15, 0.2) is 5.78 Å². The Morgan fingerprint density at radius 2 is 1.00 bits per heavy atom. The Kier molecular flexibility index (Phi) is 21.7. The van der Waals surface area contributed by atoms with E-state index in [2.05, 4.69) is 16.0 Å². The van der Waals surface area contributed by atoms with Crippen LogP contribution in [0.3, 0.4) is 0 Å². The minimum Gasteiger partial charge on any atom is -0.480 e. The van der Waals surface area contributed by atoms with Gasteiger partial charge in [0.2, 0.25) is 11.8 Å². The molecule has 1 saturated heterocycles. The molecule has 292 valence electrons. The van der Waals surface area contributed by atoms with Crippen LogP contribution >= 0.6 is 0 Å². The Bertz CT molecular complexity index is 1120. The van der Waals surface area contributed by atoms with Crippen LogP contribution in [0.25, 0.3) is 0 Å². The first kappa shape index (κ1) is 45.3. The van der Waals surface area contributed by atoms with Crippen LogP contribution in [0.5, 0.6) is 0 Å². The van der Waals surface area contributed by atoms with Gasteiger partial charge < -0.3 is 36.4 Å². The Morgan fingerprint density at radius 3 is 1.37 bits per heavy atom. The summed E-state index contributed by atoms with van der Waals surface area (Å²) in [5, 5.41) is 46.4. The predicted octanol–water partition coefficient (Wildman–Crippen LogP) is -1.31. The average Bonchev–Trinajstić information content (AvgIpc) is 3.02. The maximum Gasteiger partial charge on any atom is 0.326 e. The van der Waals surface area contributed by atoms with Gasteiger partial charge in [0, 0.05) is 77.3 Å². The summed E-state index contributed by atoms with van der Waals surface area (Å²) >= 11 is 0. The molecular weight excluding hydrogens is 670 g/mol. The Balaban J connectivity index is 2.74. The highest BCUT2D eigenvalue weighted by Crippen LogP contribution is 2.08. The second kappa shape index (κ2) is 24.5. The summed E-state index contributed by atoms with van der Waals surface area (Å²) in [6, 6.07) is -1.51. The lowest BCUT2D eigenvalue weighted by molar-refractivity contribution is -0.142. The number of ketones is 1. The number of amides is 2. The van der Waals surface area contributed by atoms with E-state index >= 15 is 0 Å². The molecule has 1 aliphatic heterocycles. The minimum atomic E-state index is -1.22. The molecule has 1 heterocycles. The number of carboxylic acid groups (broad SMARTS) is 4. The SMILES string of the molecule is CC(C)N[C@@H](CCC(=O)NCCCC[C@H](NC(=O)CN1CCN(CC(=O)O)CCN(CC(=O)O)CCN(CC(=O)O)CC1)C(=O)O)C(=O)C(C)C. The fraction of sp³-hybridized carbons (Fsp3) is 0.788. The summed E-state index contributed by atoms with van der Waals surface area (Å²) in [4.78, 5) is 90.8. The maximum absolute atomic E-state index is 13.0. The molecule has 0 saturated carbocycles. The number of hydrogen-bond acceptors (Lipinski definition) is 12. The lowest BCUT2D eigenvalue weighted by Gasteiger charge is -2.33. The number of Topliss-reactive ketones (excluding diaryl/α,β-unsaturated/α-hetero) is 1. The highest BCUT2D eigenvalue weighted by Gasteiger charge is 2.25. The number of carbonyl (C=O) groups is 7. The van der Waals surface area contributed by atoms with E-state index < -0.39 is 41.9 Å². The first-order chi connectivity index (χ1) is 24.0. The van der Waals surface area contributed by atoms with Gasteiger partial charge in [-0.05, 0) is 25.7 Å². The molecule has 2 amide bonds. The zero-order chi connectivity index (χ0) is 38.5. The van der Waals surface area contributed by atoms with Gasteiger partial charge in [0.25, 0.3) is 0 Å². The van der Waals surface area contributed by atoms with Crippen molar-refractivity contribution >= 4 is 41.5 Å². The van der Waals surface area contributed by atoms with Crippen molar-refractivity contribution in [3.05, 3.63) is 0 Å². The van der Waals surface area contributed by atoms with Crippen molar-refractivity contribution in [1.29, 1.82) is 0 Å². The molecule has 0 bridgehead atoms. The monoisotopic (exact) mass is 729 g/mol. The standard InChI is InChI=1S/C33H59N7O11/c1-23(2)32(49)25(35-24(3)4)8-9-27(41)34-10-6-5-7-26(33(50)51)36-28(42)19-37-11-13-38(20-29(43)44)15-17-40(22-31(47)48)18-16-39(14-12-37)21-30(45)46/h23-26,35H,5-22H2,1-4H3,(H,34,41)(H,36,42)(H,43,44)(H,45,46)(H,47,48)(H,50,51)/t25-,26-/m0/s1. The van der Waals surface area contributed by atoms with Crippen LogP contribution in [0.1, 0.15) is 59.8 Å². The number of unbranched alkanes of at least 4 members (excludes halogenated alkanes) is 1. The first-order valence-electron chi connectivity index (χ1n) is 17.6. The Morgan fingerprint density at radius 1 is 0.569 bits per heavy atom. The first-order valence-corrected chi connectivity index (χ1v) is 17.6. The van der Waals surface area contributed by atoms with Gasteiger partial charge in [0.05, 0.1) is 32.2 Å². The summed E-state index contributed by atoms with van der Waals surface area (Å²) in [5.41, 5.74) is 0. The molecule has 0 aromatic rings. The number of rotatable bonds is 22. The highest BCUT2D eigenvalue weighted by atomic mass is 16.4. The fourth-order valence-corrected chi connectivity index (χ4v) is 5.66. The molecule has 51 heavy (non-hydrogen) atoms. The summed E-state index contributed by atoms with van der Waals surface area (Å²) < 4.78 is 0. The number of hydrogen-bond donors (Lipinski definition) is 7. The third kappa shape index (κ3) is 21.3. The van der Waals surface area contributed by atoms with E-state index in [1.54, 1.807) is 19.6 Å². The molecular formula is C33H59N7O11. The fourth-order valence-electron chi connectivity index (χ4n) is 5.66. The molecule has 0 aliphatic carbocycles. The molecule has 1 aliphatic rings. The van der Waals surface area contributed by atoms with Crippen LogP contribution in [-0.2, 0) is 33.6 Å². The van der Waals surface area contributed by atoms with Crippen LogP contribution in [0.2, 0.25) is 0 Å². The molecule has 1 rings (SSSR count). The number of carboxylic acids is 4. The van der Waals surface area contributed by atoms with E-state index in [0.717, 1.165) is 0 Å². The van der Waals surface area contributed by atoms with Gasteiger partial charge in [-0.15, -0.1) is 0 Å². The molecule has 0 unspecified atom stereocenters. The van der Waals surface area contributed by atoms with Crippen molar-refractivity contribution in [2.24, 2.45) is 5.92 Å². The lowest BCUT2D eigenvalue weighted by atomic mass is 9.97. The number of nitrogens with zero attached hydrogens (tertiary/aromatic N) is 4. The zero-order valence-corrected chi connectivity index (χ0v) is 30.5. The largest absolute Gasteiger partial charge is 0.480 e. The smallest absolute Gasteiger partial charge is 0.326 e. The minimum absolute atomic E-state index is 0.0488. The number of carbonyl (C=O) groups excluding carboxylic acids is 3. The quantitative estimate of drug-likeness (QED) is 0.0639. The molecule has 2 atom stereocenters. The van der Waals surface area contributed by atoms with Crippen molar-refractivity contribution < 1.29 is 54.0 Å². The molecule has 0 aromatic heterocycles. The third-order valence-corrected chi connectivity index (χ3v) is 8.36. The summed E-state index contributed by atoms with van der Waals surface area (Å²) in [6.45, 7) is 8.52. The normalized spacial score (nSPS) is 17.2. The second-order valence-electron chi connectivity index (χ2n) is 13.6. The van der Waals surface area contributed by atoms with Gasteiger partial charge in [-0.2, -0.15) is 0 Å². The molecule has 0 aromatic carbocycles. The maximum atomic E-state index is 13.0. The van der Waals surface area contributed by atoms with E-state index in [1.165, 1.54) is 0 Å². The number of aliphatic carboxylic acids is 4. The van der Waals surface area contributed by atoms with Crippen molar-refractivity contribution in [2.45, 2.75) is 77.9 Å². The summed E-state index contributed by atoms with van der Waals surface area (Å²) in [6.07, 6.45) is 1.52. The van der Waals surface area contributed by atoms with Crippen LogP contribution in [0.15, 0.2) is 0 Å². The van der Waals surface area contributed by atoms with E-state index in [4.69, 9.17) is 0 Å². The Hall–Kier alpha value is -3.71. The van der Waals surface area contributed by atoms with Gasteiger partial charge in [-0.1, -0.05) is 27.7 Å². The highest BCUT2D eigenvalue weighted by molar-refractivity contribution is 5.86. The second-order valence-corrected chi connectivity index (χ2v) is 13.6. The van der Waals surface area contributed by atoms with Gasteiger partial charge >= 0.3 is 23.9 Å². The average molecular weight is 730 g/mol. The van der Waals surface area contributed by atoms with E-state index in [9.17, 15) is 54.0 Å². The van der Waals surface area contributed by atoms with Gasteiger partial charge in [0.1, 0.15) is 6.04 Å². The molecule has 0 spiro atoms. The molecule has 7 N–H and O–H groups in total.